The van der Waals surface area contributed by atoms with Crippen LogP contribution in [0.4, 0.5) is 13.2 Å². The van der Waals surface area contributed by atoms with Crippen LogP contribution in [0.5, 0.6) is 0 Å². The Labute approximate surface area is 94.5 Å². The molecule has 0 fully saturated rings. The third-order valence-corrected chi connectivity index (χ3v) is 2.59. The summed E-state index contributed by atoms with van der Waals surface area (Å²) in [4.78, 5) is 0. The van der Waals surface area contributed by atoms with E-state index in [-0.39, 0.29) is 5.56 Å². The molecule has 0 N–H and O–H groups in total. The highest BCUT2D eigenvalue weighted by molar-refractivity contribution is 5.35. The molecule has 0 bridgehead atoms. The monoisotopic (exact) mass is 230 g/mol. The van der Waals surface area contributed by atoms with Crippen LogP contribution in [-0.2, 0) is 18.0 Å². The van der Waals surface area contributed by atoms with Gasteiger partial charge in [0.15, 0.2) is 0 Å². The van der Waals surface area contributed by atoms with E-state index in [9.17, 15) is 13.2 Å². The van der Waals surface area contributed by atoms with Crippen molar-refractivity contribution in [3.63, 3.8) is 0 Å². The normalized spacial score (nSPS) is 12.9. The summed E-state index contributed by atoms with van der Waals surface area (Å²) in [7, 11) is 0. The second kappa shape index (κ2) is 4.11. The molecule has 16 heavy (non-hydrogen) atoms. The molecule has 0 aliphatic rings. The number of rotatable bonds is 3. The van der Waals surface area contributed by atoms with E-state index >= 15 is 0 Å². The van der Waals surface area contributed by atoms with E-state index in [0.717, 1.165) is 12.5 Å². The van der Waals surface area contributed by atoms with Gasteiger partial charge in [-0.15, -0.1) is 0 Å². The summed E-state index contributed by atoms with van der Waals surface area (Å²) in [5, 5.41) is 0. The van der Waals surface area contributed by atoms with Gasteiger partial charge in [0.2, 0.25) is 0 Å². The molecular formula is C13H17F3. The van der Waals surface area contributed by atoms with Crippen molar-refractivity contribution in [2.45, 2.75) is 45.7 Å². The summed E-state index contributed by atoms with van der Waals surface area (Å²) in [5.74, 6) is -2.93. The van der Waals surface area contributed by atoms with Gasteiger partial charge in [-0.25, -0.2) is 13.2 Å². The van der Waals surface area contributed by atoms with Crippen molar-refractivity contribution in [2.75, 3.05) is 0 Å². The second-order valence-corrected chi connectivity index (χ2v) is 4.63. The first-order valence-corrected chi connectivity index (χ1v) is 5.36. The number of hydrogen-bond donors (Lipinski definition) is 0. The molecule has 1 aromatic rings. The minimum absolute atomic E-state index is 0.118. The Morgan fingerprint density at radius 1 is 0.938 bits per heavy atom. The van der Waals surface area contributed by atoms with Crippen molar-refractivity contribution >= 4 is 0 Å². The second-order valence-electron chi connectivity index (χ2n) is 4.63. The van der Waals surface area contributed by atoms with Crippen molar-refractivity contribution in [3.8, 4) is 0 Å². The lowest BCUT2D eigenvalue weighted by atomic mass is 9.93. The Kier molecular flexibility index (Phi) is 3.36. The van der Waals surface area contributed by atoms with Crippen molar-refractivity contribution in [1.29, 1.82) is 0 Å². The SMILES string of the molecule is CCc1cc(C(C)(C)F)cc(C(C)(F)F)c1. The third-order valence-electron chi connectivity index (χ3n) is 2.59. The maximum Gasteiger partial charge on any atom is 0.270 e. The van der Waals surface area contributed by atoms with E-state index in [1.54, 1.807) is 6.07 Å². The van der Waals surface area contributed by atoms with E-state index in [1.165, 1.54) is 26.0 Å². The van der Waals surface area contributed by atoms with Crippen LogP contribution in [0.2, 0.25) is 0 Å². The van der Waals surface area contributed by atoms with Gasteiger partial charge in [-0.1, -0.05) is 13.0 Å². The zero-order valence-corrected chi connectivity index (χ0v) is 10.1. The Morgan fingerprint density at radius 3 is 1.81 bits per heavy atom. The maximum absolute atomic E-state index is 13.8. The lowest BCUT2D eigenvalue weighted by Crippen LogP contribution is -2.14. The van der Waals surface area contributed by atoms with Crippen LogP contribution in [0.15, 0.2) is 18.2 Å². The van der Waals surface area contributed by atoms with Crippen molar-refractivity contribution in [3.05, 3.63) is 34.9 Å². The van der Waals surface area contributed by atoms with E-state index in [1.807, 2.05) is 6.92 Å². The van der Waals surface area contributed by atoms with Crippen LogP contribution in [0, 0.1) is 0 Å². The van der Waals surface area contributed by atoms with E-state index in [4.69, 9.17) is 0 Å². The number of aryl methyl sites for hydroxylation is 1. The molecule has 0 unspecified atom stereocenters. The van der Waals surface area contributed by atoms with E-state index < -0.39 is 11.6 Å². The van der Waals surface area contributed by atoms with Crippen LogP contribution in [0.3, 0.4) is 0 Å². The van der Waals surface area contributed by atoms with Gasteiger partial charge < -0.3 is 0 Å². The van der Waals surface area contributed by atoms with Crippen LogP contribution in [-0.4, -0.2) is 0 Å². The Bertz CT molecular complexity index is 337. The molecule has 3 heteroatoms. The first kappa shape index (κ1) is 13.1. The predicted octanol–water partition coefficient (Wildman–Crippen LogP) is 4.57. The zero-order chi connectivity index (χ0) is 12.6. The Balaban J connectivity index is 3.33. The molecule has 0 saturated carbocycles. The summed E-state index contributed by atoms with van der Waals surface area (Å²) in [5.41, 5.74) is -0.666. The summed E-state index contributed by atoms with van der Waals surface area (Å²) < 4.78 is 40.2. The highest BCUT2D eigenvalue weighted by atomic mass is 19.3. The van der Waals surface area contributed by atoms with Gasteiger partial charge in [0.25, 0.3) is 5.92 Å². The van der Waals surface area contributed by atoms with Gasteiger partial charge >= 0.3 is 0 Å². The molecule has 0 aromatic heterocycles. The molecule has 1 rings (SSSR count). The molecule has 0 spiro atoms. The lowest BCUT2D eigenvalue weighted by Gasteiger charge is -2.19. The lowest BCUT2D eigenvalue weighted by molar-refractivity contribution is 0.0171. The summed E-state index contributed by atoms with van der Waals surface area (Å²) >= 11 is 0. The Hall–Kier alpha value is -0.990. The molecular weight excluding hydrogens is 213 g/mol. The first-order valence-electron chi connectivity index (χ1n) is 5.36. The largest absolute Gasteiger partial charge is 0.270 e. The molecule has 0 nitrogen and oxygen atoms in total. The maximum atomic E-state index is 13.8. The fraction of sp³-hybridized carbons (Fsp3) is 0.538. The van der Waals surface area contributed by atoms with Gasteiger partial charge in [-0.2, -0.15) is 0 Å². The highest BCUT2D eigenvalue weighted by Gasteiger charge is 2.28. The van der Waals surface area contributed by atoms with E-state index in [0.29, 0.717) is 12.0 Å². The molecule has 0 heterocycles. The molecule has 0 aliphatic heterocycles. The summed E-state index contributed by atoms with van der Waals surface area (Å²) in [6.07, 6.45) is 0.618. The van der Waals surface area contributed by atoms with Gasteiger partial charge in [0.05, 0.1) is 0 Å². The Morgan fingerprint density at radius 2 is 1.44 bits per heavy atom. The number of benzene rings is 1. The van der Waals surface area contributed by atoms with Gasteiger partial charge in [-0.05, 0) is 43.5 Å². The minimum atomic E-state index is -2.93. The van der Waals surface area contributed by atoms with Crippen molar-refractivity contribution in [1.82, 2.24) is 0 Å². The molecule has 0 amide bonds. The van der Waals surface area contributed by atoms with Gasteiger partial charge in [-0.3, -0.25) is 0 Å². The highest BCUT2D eigenvalue weighted by Crippen LogP contribution is 2.33. The average Bonchev–Trinajstić information content (AvgIpc) is 2.14. The fourth-order valence-electron chi connectivity index (χ4n) is 1.49. The number of alkyl halides is 3. The average molecular weight is 230 g/mol. The van der Waals surface area contributed by atoms with Gasteiger partial charge in [0.1, 0.15) is 5.67 Å². The zero-order valence-electron chi connectivity index (χ0n) is 10.1. The van der Waals surface area contributed by atoms with Crippen LogP contribution in [0.25, 0.3) is 0 Å². The van der Waals surface area contributed by atoms with E-state index in [2.05, 4.69) is 0 Å². The smallest absolute Gasteiger partial charge is 0.239 e. The molecule has 0 radical (unpaired) electrons. The van der Waals surface area contributed by atoms with Crippen molar-refractivity contribution < 1.29 is 13.2 Å². The molecule has 0 atom stereocenters. The molecule has 1 aromatic carbocycles. The first-order chi connectivity index (χ1) is 7.14. The number of halogens is 3. The summed E-state index contributed by atoms with van der Waals surface area (Å²) in [6, 6.07) is 4.34. The standard InChI is InChI=1S/C13H17F3/c1-5-9-6-10(12(2,3)14)8-11(7-9)13(4,15)16/h6-8H,5H2,1-4H3. The third kappa shape index (κ3) is 3.00. The van der Waals surface area contributed by atoms with Crippen LogP contribution < -0.4 is 0 Å². The quantitative estimate of drug-likeness (QED) is 0.713. The van der Waals surface area contributed by atoms with Crippen molar-refractivity contribution in [2.24, 2.45) is 0 Å². The molecule has 0 aliphatic carbocycles. The predicted molar refractivity (Wildman–Crippen MR) is 59.5 cm³/mol. The van der Waals surface area contributed by atoms with Gasteiger partial charge in [0, 0.05) is 12.5 Å². The van der Waals surface area contributed by atoms with Crippen LogP contribution >= 0.6 is 0 Å². The molecule has 0 saturated heterocycles. The summed E-state index contributed by atoms with van der Waals surface area (Å²) in [6.45, 7) is 5.44. The van der Waals surface area contributed by atoms with Crippen LogP contribution in [0.1, 0.15) is 44.4 Å². The fourth-order valence-corrected chi connectivity index (χ4v) is 1.49. The minimum Gasteiger partial charge on any atom is -0.239 e. The number of hydrogen-bond acceptors (Lipinski definition) is 0. The topological polar surface area (TPSA) is 0 Å². The molecule has 90 valence electrons.